The second kappa shape index (κ2) is 13.6. The number of benzene rings is 1. The van der Waals surface area contributed by atoms with E-state index >= 15 is 0 Å². The van der Waals surface area contributed by atoms with Gasteiger partial charge in [0.2, 0.25) is 0 Å². The molecule has 3 heterocycles. The van der Waals surface area contributed by atoms with E-state index in [-0.39, 0.29) is 0 Å². The fraction of sp³-hybridized carbons (Fsp3) is 0.464. The predicted molar refractivity (Wildman–Crippen MR) is 148 cm³/mol. The number of anilines is 1. The molecule has 0 radical (unpaired) electrons. The third-order valence-electron chi connectivity index (χ3n) is 6.93. The minimum Gasteiger partial charge on any atom is -0.396 e. The molecule has 1 saturated heterocycles. The number of ether oxygens (including phenoxy) is 1. The Balaban J connectivity index is 1.32. The molecule has 1 fully saturated rings. The number of aromatic nitrogens is 2. The summed E-state index contributed by atoms with van der Waals surface area (Å²) >= 11 is 0. The summed E-state index contributed by atoms with van der Waals surface area (Å²) < 4.78 is 44.1. The molecule has 0 aliphatic carbocycles. The number of hydrogen-bond donors (Lipinski definition) is 2. The summed E-state index contributed by atoms with van der Waals surface area (Å²) in [6.07, 6.45) is 2.41. The lowest BCUT2D eigenvalue weighted by molar-refractivity contribution is -0.122. The smallest absolute Gasteiger partial charge is 0.396 e. The molecule has 2 aromatic heterocycles. The number of urea groups is 1. The molecule has 40 heavy (non-hydrogen) atoms. The van der Waals surface area contributed by atoms with Gasteiger partial charge in [0.05, 0.1) is 24.2 Å². The van der Waals surface area contributed by atoms with Crippen LogP contribution in [0.3, 0.4) is 0 Å². The van der Waals surface area contributed by atoms with Gasteiger partial charge in [0.25, 0.3) is 0 Å². The number of carbonyl (C=O) groups excluding carboxylic acids is 1. The molecule has 216 valence electrons. The number of piperidine rings is 1. The van der Waals surface area contributed by atoms with Crippen molar-refractivity contribution in [2.75, 3.05) is 51.8 Å². The molecular weight excluding hydrogens is 525 g/mol. The molecule has 0 bridgehead atoms. The van der Waals surface area contributed by atoms with Crippen molar-refractivity contribution in [3.05, 3.63) is 54.4 Å². The van der Waals surface area contributed by atoms with Crippen LogP contribution in [-0.4, -0.2) is 78.7 Å². The maximum atomic E-state index is 12.3. The molecule has 3 aromatic rings. The van der Waals surface area contributed by atoms with Crippen LogP contribution >= 0.6 is 0 Å². The van der Waals surface area contributed by atoms with Crippen molar-refractivity contribution in [1.82, 2.24) is 19.6 Å². The zero-order valence-corrected chi connectivity index (χ0v) is 22.7. The van der Waals surface area contributed by atoms with Gasteiger partial charge in [-0.15, -0.1) is 0 Å². The van der Waals surface area contributed by atoms with Crippen molar-refractivity contribution in [3.63, 3.8) is 0 Å². The highest BCUT2D eigenvalue weighted by molar-refractivity contribution is 5.99. The number of likely N-dealkylation sites (tertiary alicyclic amines) is 1. The summed E-state index contributed by atoms with van der Waals surface area (Å²) in [4.78, 5) is 24.4. The van der Waals surface area contributed by atoms with E-state index in [9.17, 15) is 18.0 Å². The fourth-order valence-corrected chi connectivity index (χ4v) is 4.66. The third kappa shape index (κ3) is 8.43. The largest absolute Gasteiger partial charge is 0.405 e. The van der Waals surface area contributed by atoms with Crippen LogP contribution in [0, 0.1) is 5.92 Å². The molecule has 2 N–H and O–H groups in total. The molecule has 1 aromatic carbocycles. The third-order valence-corrected chi connectivity index (χ3v) is 6.93. The van der Waals surface area contributed by atoms with Gasteiger partial charge < -0.3 is 25.1 Å². The van der Waals surface area contributed by atoms with Gasteiger partial charge in [0, 0.05) is 36.7 Å². The van der Waals surface area contributed by atoms with Gasteiger partial charge in [-0.25, -0.2) is 9.78 Å². The van der Waals surface area contributed by atoms with E-state index in [0.29, 0.717) is 23.9 Å². The summed E-state index contributed by atoms with van der Waals surface area (Å²) in [6, 6.07) is 9.72. The number of amides is 2. The zero-order chi connectivity index (χ0) is 28.5. The number of fused-ring (bicyclic) bond motifs is 1. The highest BCUT2D eigenvalue weighted by atomic mass is 19.4. The van der Waals surface area contributed by atoms with E-state index < -0.39 is 18.8 Å². The molecule has 1 aliphatic rings. The highest BCUT2D eigenvalue weighted by Crippen LogP contribution is 2.25. The van der Waals surface area contributed by atoms with Gasteiger partial charge in [-0.2, -0.15) is 13.2 Å². The number of methoxy groups -OCH3 is 1. The highest BCUT2D eigenvalue weighted by Gasteiger charge is 2.27. The first-order valence-electron chi connectivity index (χ1n) is 13.3. The second-order valence-corrected chi connectivity index (χ2v) is 9.87. The van der Waals surface area contributed by atoms with Crippen molar-refractivity contribution in [2.45, 2.75) is 32.4 Å². The lowest BCUT2D eigenvalue weighted by Gasteiger charge is -2.31. The molecule has 9 nitrogen and oxygen atoms in total. The van der Waals surface area contributed by atoms with Crippen LogP contribution in [0.1, 0.15) is 31.7 Å². The van der Waals surface area contributed by atoms with Gasteiger partial charge in [0.15, 0.2) is 0 Å². The molecule has 0 spiro atoms. The summed E-state index contributed by atoms with van der Waals surface area (Å²) in [6.45, 7) is 5.02. The van der Waals surface area contributed by atoms with Crippen molar-refractivity contribution >= 4 is 23.1 Å². The average molecular weight is 561 g/mol. The predicted octanol–water partition coefficient (Wildman–Crippen LogP) is 5.17. The standard InChI is InChI=1S/C28H35F3N6O3/c1-20(35-40-14-9-21-6-10-36(11-7-21)13-15-39-2)22-8-12-37-25(18-32-26(37)17-22)23-4-3-5-24(16-23)34-27(38)33-19-28(29,30)31/h3-5,8,12,16-18,21H,6-7,9-11,13-15,19H2,1-2H3,(H2,33,34,38)/b35-20+. The van der Waals surface area contributed by atoms with Crippen LogP contribution in [0.2, 0.25) is 0 Å². The first-order chi connectivity index (χ1) is 19.2. The number of oxime groups is 1. The van der Waals surface area contributed by atoms with Gasteiger partial charge in [-0.3, -0.25) is 4.40 Å². The summed E-state index contributed by atoms with van der Waals surface area (Å²) in [5.74, 6) is 0.650. The lowest BCUT2D eigenvalue weighted by atomic mass is 9.94. The molecule has 0 atom stereocenters. The number of nitrogens with one attached hydrogen (secondary N) is 2. The number of alkyl halides is 3. The number of rotatable bonds is 11. The van der Waals surface area contributed by atoms with E-state index in [0.717, 1.165) is 55.2 Å². The molecular formula is C28H35F3N6O3. The number of imidazole rings is 1. The number of carbonyl (C=O) groups is 1. The van der Waals surface area contributed by atoms with E-state index in [1.807, 2.05) is 35.7 Å². The monoisotopic (exact) mass is 560 g/mol. The Labute approximate surface area is 231 Å². The minimum absolute atomic E-state index is 0.362. The summed E-state index contributed by atoms with van der Waals surface area (Å²) in [5.41, 5.74) is 4.20. The second-order valence-electron chi connectivity index (χ2n) is 9.87. The van der Waals surface area contributed by atoms with Crippen LogP contribution in [0.4, 0.5) is 23.7 Å². The van der Waals surface area contributed by atoms with Crippen LogP contribution in [0.25, 0.3) is 16.9 Å². The Kier molecular flexibility index (Phi) is 9.99. The zero-order valence-electron chi connectivity index (χ0n) is 22.7. The molecule has 1 aliphatic heterocycles. The maximum Gasteiger partial charge on any atom is 0.405 e. The first-order valence-corrected chi connectivity index (χ1v) is 13.3. The molecule has 2 amide bonds. The van der Waals surface area contributed by atoms with Crippen LogP contribution in [0.5, 0.6) is 0 Å². The molecule has 0 unspecified atom stereocenters. The van der Waals surface area contributed by atoms with E-state index in [1.165, 1.54) is 12.8 Å². The van der Waals surface area contributed by atoms with Crippen molar-refractivity contribution in [2.24, 2.45) is 11.1 Å². The topological polar surface area (TPSA) is 92.5 Å². The number of nitrogens with zero attached hydrogens (tertiary/aromatic N) is 4. The number of halogens is 3. The van der Waals surface area contributed by atoms with Crippen LogP contribution in [0.15, 0.2) is 53.9 Å². The normalized spacial score (nSPS) is 15.4. The van der Waals surface area contributed by atoms with E-state index in [1.54, 1.807) is 36.8 Å². The number of hydrogen-bond acceptors (Lipinski definition) is 6. The van der Waals surface area contributed by atoms with Crippen LogP contribution in [-0.2, 0) is 9.57 Å². The average Bonchev–Trinajstić information content (AvgIpc) is 3.37. The Morgan fingerprint density at radius 3 is 2.73 bits per heavy atom. The van der Waals surface area contributed by atoms with Gasteiger partial charge in [-0.1, -0.05) is 17.3 Å². The van der Waals surface area contributed by atoms with Crippen molar-refractivity contribution in [3.8, 4) is 11.3 Å². The van der Waals surface area contributed by atoms with Gasteiger partial charge in [-0.05, 0) is 69.5 Å². The Morgan fingerprint density at radius 2 is 1.98 bits per heavy atom. The Bertz CT molecular complexity index is 1300. The SMILES string of the molecule is COCCN1CCC(CCO/N=C(\C)c2ccn3c(-c4cccc(NC(=O)NCC(F)(F)F)c4)cnc3c2)CC1. The lowest BCUT2D eigenvalue weighted by Crippen LogP contribution is -2.36. The summed E-state index contributed by atoms with van der Waals surface area (Å²) in [7, 11) is 1.73. The molecule has 12 heteroatoms. The van der Waals surface area contributed by atoms with Crippen molar-refractivity contribution < 1.29 is 27.5 Å². The fourth-order valence-electron chi connectivity index (χ4n) is 4.66. The minimum atomic E-state index is -4.48. The Hall–Kier alpha value is -3.64. The van der Waals surface area contributed by atoms with Crippen molar-refractivity contribution in [1.29, 1.82) is 0 Å². The summed E-state index contributed by atoms with van der Waals surface area (Å²) in [5, 5.41) is 8.53. The molecule has 0 saturated carbocycles. The maximum absolute atomic E-state index is 12.3. The van der Waals surface area contributed by atoms with Crippen LogP contribution < -0.4 is 10.6 Å². The molecule has 4 rings (SSSR count). The Morgan fingerprint density at radius 1 is 1.18 bits per heavy atom. The quantitative estimate of drug-likeness (QED) is 0.192. The first kappa shape index (κ1) is 29.3. The van der Waals surface area contributed by atoms with E-state index in [2.05, 4.69) is 20.4 Å². The number of pyridine rings is 1. The van der Waals surface area contributed by atoms with Gasteiger partial charge >= 0.3 is 12.2 Å². The van der Waals surface area contributed by atoms with E-state index in [4.69, 9.17) is 9.57 Å². The van der Waals surface area contributed by atoms with Gasteiger partial charge in [0.1, 0.15) is 18.8 Å².